The molecule has 5 rings (SSSR count). The van der Waals surface area contributed by atoms with E-state index in [0.717, 1.165) is 41.4 Å². The molecule has 1 spiro atoms. The van der Waals surface area contributed by atoms with Crippen LogP contribution in [0, 0.1) is 12.8 Å². The van der Waals surface area contributed by atoms with E-state index < -0.39 is 0 Å². The highest BCUT2D eigenvalue weighted by atomic mass is 16.5. The molecule has 2 aliphatic heterocycles. The van der Waals surface area contributed by atoms with Crippen molar-refractivity contribution in [2.75, 3.05) is 36.9 Å². The van der Waals surface area contributed by atoms with Crippen LogP contribution in [0.15, 0.2) is 30.5 Å². The van der Waals surface area contributed by atoms with Crippen LogP contribution in [-0.2, 0) is 16.8 Å². The third-order valence-corrected chi connectivity index (χ3v) is 6.28. The first kappa shape index (κ1) is 18.4. The Morgan fingerprint density at radius 1 is 1.34 bits per heavy atom. The maximum absolute atomic E-state index is 12.9. The quantitative estimate of drug-likeness (QED) is 0.833. The number of likely N-dealkylation sites (tertiary alicyclic amines) is 1. The number of benzene rings is 1. The molecule has 1 saturated heterocycles. The van der Waals surface area contributed by atoms with Gasteiger partial charge in [0.15, 0.2) is 0 Å². The van der Waals surface area contributed by atoms with E-state index in [1.165, 1.54) is 12.8 Å². The molecule has 0 unspecified atom stereocenters. The van der Waals surface area contributed by atoms with Gasteiger partial charge in [0.05, 0.1) is 24.3 Å². The number of carbonyl (C=O) groups excluding carboxylic acids is 1. The molecule has 2 fully saturated rings. The fourth-order valence-electron chi connectivity index (χ4n) is 4.30. The van der Waals surface area contributed by atoms with Crippen molar-refractivity contribution in [3.63, 3.8) is 0 Å². The molecular formula is C22H27N5O2. The Kier molecular flexibility index (Phi) is 4.62. The number of carbonyl (C=O) groups is 1. The van der Waals surface area contributed by atoms with Crippen molar-refractivity contribution in [1.29, 1.82) is 0 Å². The highest BCUT2D eigenvalue weighted by molar-refractivity contribution is 5.90. The summed E-state index contributed by atoms with van der Waals surface area (Å²) in [6.07, 6.45) is 5.32. The van der Waals surface area contributed by atoms with Gasteiger partial charge in [-0.05, 0) is 43.7 Å². The molecule has 0 bridgehead atoms. The molecule has 2 aromatic rings. The van der Waals surface area contributed by atoms with Gasteiger partial charge in [-0.3, -0.25) is 0 Å². The van der Waals surface area contributed by atoms with Crippen molar-refractivity contribution in [2.45, 2.75) is 38.2 Å². The van der Waals surface area contributed by atoms with Gasteiger partial charge >= 0.3 is 6.03 Å². The van der Waals surface area contributed by atoms with Crippen LogP contribution < -0.4 is 10.6 Å². The SMILES string of the molecule is Cc1ccccc1NC(=O)N1CC[C@@]2(COCc3cnc(NCC4CC4)nc32)C1. The average Bonchev–Trinajstić information content (AvgIpc) is 3.47. The minimum Gasteiger partial charge on any atom is -0.376 e. The van der Waals surface area contributed by atoms with E-state index in [1.807, 2.05) is 42.3 Å². The number of nitrogens with one attached hydrogen (secondary N) is 2. The highest BCUT2D eigenvalue weighted by Crippen LogP contribution is 2.39. The molecule has 1 aromatic carbocycles. The Balaban J connectivity index is 1.33. The topological polar surface area (TPSA) is 79.4 Å². The fourth-order valence-corrected chi connectivity index (χ4v) is 4.30. The summed E-state index contributed by atoms with van der Waals surface area (Å²) in [7, 11) is 0. The van der Waals surface area contributed by atoms with Crippen LogP contribution in [0.25, 0.3) is 0 Å². The van der Waals surface area contributed by atoms with Crippen LogP contribution in [0.3, 0.4) is 0 Å². The van der Waals surface area contributed by atoms with Crippen molar-refractivity contribution >= 4 is 17.7 Å². The molecule has 2 amide bonds. The smallest absolute Gasteiger partial charge is 0.321 e. The predicted molar refractivity (Wildman–Crippen MR) is 111 cm³/mol. The first-order valence-corrected chi connectivity index (χ1v) is 10.4. The standard InChI is InChI=1S/C22H27N5O2/c1-15-4-2-3-5-18(15)25-21(28)27-9-8-22(13-27)14-29-12-17-11-24-20(26-19(17)22)23-10-16-6-7-16/h2-5,11,16H,6-10,12-14H2,1H3,(H,25,28)(H,23,24,26)/t22-/m0/s1. The average molecular weight is 393 g/mol. The molecule has 7 nitrogen and oxygen atoms in total. The maximum Gasteiger partial charge on any atom is 0.321 e. The van der Waals surface area contributed by atoms with Crippen molar-refractivity contribution in [3.8, 4) is 0 Å². The molecule has 0 radical (unpaired) electrons. The van der Waals surface area contributed by atoms with Crippen LogP contribution in [0.4, 0.5) is 16.4 Å². The Hall–Kier alpha value is -2.67. The van der Waals surface area contributed by atoms with Crippen LogP contribution in [0.2, 0.25) is 0 Å². The van der Waals surface area contributed by atoms with Crippen LogP contribution in [0.5, 0.6) is 0 Å². The molecule has 7 heteroatoms. The van der Waals surface area contributed by atoms with Gasteiger partial charge in [0, 0.05) is 37.1 Å². The lowest BCUT2D eigenvalue weighted by Gasteiger charge is -2.34. The molecule has 29 heavy (non-hydrogen) atoms. The lowest BCUT2D eigenvalue weighted by molar-refractivity contribution is 0.0521. The number of fused-ring (bicyclic) bond motifs is 2. The van der Waals surface area contributed by atoms with E-state index in [4.69, 9.17) is 9.72 Å². The first-order valence-electron chi connectivity index (χ1n) is 10.4. The Morgan fingerprint density at radius 3 is 3.03 bits per heavy atom. The number of amides is 2. The number of aromatic nitrogens is 2. The van der Waals surface area contributed by atoms with Gasteiger partial charge in [0.2, 0.25) is 5.95 Å². The molecule has 1 aromatic heterocycles. The van der Waals surface area contributed by atoms with Crippen LogP contribution in [-0.4, -0.2) is 47.1 Å². The molecule has 152 valence electrons. The third kappa shape index (κ3) is 3.67. The van der Waals surface area contributed by atoms with Crippen LogP contribution in [0.1, 0.15) is 36.1 Å². The van der Waals surface area contributed by atoms with Crippen molar-refractivity contribution in [1.82, 2.24) is 14.9 Å². The summed E-state index contributed by atoms with van der Waals surface area (Å²) in [5.41, 5.74) is 3.74. The third-order valence-electron chi connectivity index (χ3n) is 6.28. The zero-order valence-corrected chi connectivity index (χ0v) is 16.8. The number of hydrogen-bond donors (Lipinski definition) is 2. The highest BCUT2D eigenvalue weighted by Gasteiger charge is 2.46. The van der Waals surface area contributed by atoms with Gasteiger partial charge in [-0.2, -0.15) is 0 Å². The molecule has 3 aliphatic rings. The number of rotatable bonds is 4. The number of anilines is 2. The fraction of sp³-hybridized carbons (Fsp3) is 0.500. The second-order valence-corrected chi connectivity index (χ2v) is 8.58. The van der Waals surface area contributed by atoms with Crippen molar-refractivity contribution < 1.29 is 9.53 Å². The number of para-hydroxylation sites is 1. The lowest BCUT2D eigenvalue weighted by Crippen LogP contribution is -2.42. The van der Waals surface area contributed by atoms with Crippen LogP contribution >= 0.6 is 0 Å². The minimum atomic E-state index is -0.254. The van der Waals surface area contributed by atoms with E-state index in [-0.39, 0.29) is 11.4 Å². The summed E-state index contributed by atoms with van der Waals surface area (Å²) in [5, 5.41) is 6.43. The summed E-state index contributed by atoms with van der Waals surface area (Å²) in [5.74, 6) is 1.46. The minimum absolute atomic E-state index is 0.0653. The molecule has 1 aliphatic carbocycles. The summed E-state index contributed by atoms with van der Waals surface area (Å²) in [4.78, 5) is 24.1. The largest absolute Gasteiger partial charge is 0.376 e. The maximum atomic E-state index is 12.9. The van der Waals surface area contributed by atoms with Gasteiger partial charge in [-0.15, -0.1) is 0 Å². The Labute approximate surface area is 170 Å². The monoisotopic (exact) mass is 393 g/mol. The van der Waals surface area contributed by atoms with E-state index in [9.17, 15) is 4.79 Å². The second-order valence-electron chi connectivity index (χ2n) is 8.58. The number of aryl methyl sites for hydroxylation is 1. The van der Waals surface area contributed by atoms with E-state index in [2.05, 4.69) is 15.6 Å². The number of nitrogens with zero attached hydrogens (tertiary/aromatic N) is 3. The Bertz CT molecular complexity index is 929. The first-order chi connectivity index (χ1) is 14.1. The zero-order chi connectivity index (χ0) is 19.8. The molecule has 3 heterocycles. The summed E-state index contributed by atoms with van der Waals surface area (Å²) < 4.78 is 5.89. The lowest BCUT2D eigenvalue weighted by atomic mass is 9.81. The summed E-state index contributed by atoms with van der Waals surface area (Å²) in [6.45, 7) is 5.36. The number of ether oxygens (including phenoxy) is 1. The second kappa shape index (κ2) is 7.30. The van der Waals surface area contributed by atoms with Crippen molar-refractivity contribution in [3.05, 3.63) is 47.3 Å². The Morgan fingerprint density at radius 2 is 2.21 bits per heavy atom. The molecular weight excluding hydrogens is 366 g/mol. The predicted octanol–water partition coefficient (Wildman–Crippen LogP) is 3.31. The van der Waals surface area contributed by atoms with Gasteiger partial charge in [0.25, 0.3) is 0 Å². The van der Waals surface area contributed by atoms with E-state index in [1.54, 1.807) is 0 Å². The zero-order valence-electron chi connectivity index (χ0n) is 16.8. The molecule has 1 saturated carbocycles. The van der Waals surface area contributed by atoms with Gasteiger partial charge in [0.1, 0.15) is 0 Å². The van der Waals surface area contributed by atoms with E-state index >= 15 is 0 Å². The van der Waals surface area contributed by atoms with Gasteiger partial charge in [-0.1, -0.05) is 18.2 Å². The number of urea groups is 1. The van der Waals surface area contributed by atoms with E-state index in [0.29, 0.717) is 32.3 Å². The van der Waals surface area contributed by atoms with Gasteiger partial charge in [-0.25, -0.2) is 14.8 Å². The van der Waals surface area contributed by atoms with Gasteiger partial charge < -0.3 is 20.3 Å². The number of hydrogen-bond acceptors (Lipinski definition) is 5. The summed E-state index contributed by atoms with van der Waals surface area (Å²) in [6, 6.07) is 7.78. The molecule has 2 N–H and O–H groups in total. The normalized spacial score (nSPS) is 23.1. The molecule has 1 atom stereocenters. The summed E-state index contributed by atoms with van der Waals surface area (Å²) >= 11 is 0. The van der Waals surface area contributed by atoms with Crippen molar-refractivity contribution in [2.24, 2.45) is 5.92 Å².